The second kappa shape index (κ2) is 6.39. The molecule has 1 aliphatic heterocycles. The van der Waals surface area contributed by atoms with Gasteiger partial charge in [-0.05, 0) is 13.3 Å². The van der Waals surface area contributed by atoms with Crippen LogP contribution < -0.4 is 0 Å². The van der Waals surface area contributed by atoms with Crippen LogP contribution >= 0.6 is 0 Å². The van der Waals surface area contributed by atoms with Crippen LogP contribution in [0.1, 0.15) is 13.3 Å². The molecule has 0 bridgehead atoms. The molecule has 0 amide bonds. The van der Waals surface area contributed by atoms with Gasteiger partial charge in [0.2, 0.25) is 0 Å². The predicted octanol–water partition coefficient (Wildman–Crippen LogP) is 0.758. The summed E-state index contributed by atoms with van der Waals surface area (Å²) in [6, 6.07) is 0. The molecule has 5 nitrogen and oxygen atoms in total. The van der Waals surface area contributed by atoms with Crippen molar-refractivity contribution in [3.8, 4) is 0 Å². The van der Waals surface area contributed by atoms with Crippen LogP contribution in [0.15, 0.2) is 12.7 Å². The average Bonchev–Trinajstić information content (AvgIpc) is 2.71. The smallest absolute Gasteiger partial charge is 0.311 e. The van der Waals surface area contributed by atoms with Gasteiger partial charge in [-0.2, -0.15) is 0 Å². The maximum atomic E-state index is 11.6. The van der Waals surface area contributed by atoms with Crippen molar-refractivity contribution in [1.82, 2.24) is 4.90 Å². The highest BCUT2D eigenvalue weighted by molar-refractivity contribution is 5.82. The van der Waals surface area contributed by atoms with Gasteiger partial charge in [-0.3, -0.25) is 9.59 Å². The second-order valence-electron chi connectivity index (χ2n) is 4.14. The number of carbonyl (C=O) groups is 2. The molecule has 1 N–H and O–H groups in total. The zero-order chi connectivity index (χ0) is 12.8. The molecule has 2 atom stereocenters. The molecule has 0 aromatic heterocycles. The lowest BCUT2D eigenvalue weighted by atomic mass is 9.96. The number of aliphatic carboxylic acids is 1. The van der Waals surface area contributed by atoms with E-state index in [2.05, 4.69) is 6.58 Å². The van der Waals surface area contributed by atoms with Crippen molar-refractivity contribution >= 4 is 11.9 Å². The minimum Gasteiger partial charge on any atom is -0.481 e. The summed E-state index contributed by atoms with van der Waals surface area (Å²) in [6.07, 6.45) is 2.58. The van der Waals surface area contributed by atoms with Gasteiger partial charge in [0, 0.05) is 19.6 Å². The number of nitrogens with zero attached hydrogens (tertiary/aromatic N) is 1. The van der Waals surface area contributed by atoms with Gasteiger partial charge in [-0.25, -0.2) is 0 Å². The normalized spacial score (nSPS) is 24.5. The van der Waals surface area contributed by atoms with Crippen LogP contribution in [0.5, 0.6) is 0 Å². The Morgan fingerprint density at radius 3 is 2.65 bits per heavy atom. The summed E-state index contributed by atoms with van der Waals surface area (Å²) in [5.74, 6) is -2.53. The first-order valence-electron chi connectivity index (χ1n) is 5.82. The Morgan fingerprint density at radius 2 is 2.12 bits per heavy atom. The molecule has 17 heavy (non-hydrogen) atoms. The molecule has 0 aliphatic carbocycles. The molecular formula is C12H19NO4. The van der Waals surface area contributed by atoms with Gasteiger partial charge in [0.25, 0.3) is 0 Å². The molecule has 0 aromatic carbocycles. The number of carboxylic acids is 1. The molecule has 0 saturated carbocycles. The minimum absolute atomic E-state index is 0.286. The van der Waals surface area contributed by atoms with E-state index in [1.807, 2.05) is 4.90 Å². The van der Waals surface area contributed by atoms with Crippen LogP contribution in [0, 0.1) is 11.8 Å². The molecule has 0 aromatic rings. The van der Waals surface area contributed by atoms with Gasteiger partial charge in [0.05, 0.1) is 18.4 Å². The highest BCUT2D eigenvalue weighted by Crippen LogP contribution is 2.25. The fourth-order valence-corrected chi connectivity index (χ4v) is 2.08. The molecular weight excluding hydrogens is 222 g/mol. The third-order valence-corrected chi connectivity index (χ3v) is 2.95. The van der Waals surface area contributed by atoms with Crippen LogP contribution in [0.2, 0.25) is 0 Å². The third kappa shape index (κ3) is 3.56. The lowest BCUT2D eigenvalue weighted by Gasteiger charge is -2.13. The van der Waals surface area contributed by atoms with Crippen molar-refractivity contribution in [2.75, 3.05) is 26.2 Å². The summed E-state index contributed by atoms with van der Waals surface area (Å²) in [6.45, 7) is 7.24. The summed E-state index contributed by atoms with van der Waals surface area (Å²) in [5.41, 5.74) is 0. The maximum absolute atomic E-state index is 11.6. The van der Waals surface area contributed by atoms with Gasteiger partial charge in [0.1, 0.15) is 0 Å². The number of carbonyl (C=O) groups excluding carboxylic acids is 1. The Kier molecular flexibility index (Phi) is 5.15. The Bertz CT molecular complexity index is 303. The summed E-state index contributed by atoms with van der Waals surface area (Å²) in [4.78, 5) is 24.7. The molecule has 1 saturated heterocycles. The molecule has 96 valence electrons. The predicted molar refractivity (Wildman–Crippen MR) is 62.5 cm³/mol. The largest absolute Gasteiger partial charge is 0.481 e. The molecule has 5 heteroatoms. The number of carboxylic acid groups (broad SMARTS) is 1. The van der Waals surface area contributed by atoms with Gasteiger partial charge in [0.15, 0.2) is 0 Å². The molecule has 1 heterocycles. The summed E-state index contributed by atoms with van der Waals surface area (Å²) >= 11 is 0. The number of likely N-dealkylation sites (tertiary alicyclic amines) is 1. The molecule has 0 radical (unpaired) electrons. The van der Waals surface area contributed by atoms with Crippen molar-refractivity contribution in [3.63, 3.8) is 0 Å². The second-order valence-corrected chi connectivity index (χ2v) is 4.14. The Labute approximate surface area is 101 Å². The van der Waals surface area contributed by atoms with E-state index in [0.717, 1.165) is 13.0 Å². The fraction of sp³-hybridized carbons (Fsp3) is 0.667. The van der Waals surface area contributed by atoms with E-state index < -0.39 is 23.8 Å². The number of hydrogen-bond acceptors (Lipinski definition) is 4. The molecule has 0 spiro atoms. The van der Waals surface area contributed by atoms with E-state index in [1.165, 1.54) is 0 Å². The summed E-state index contributed by atoms with van der Waals surface area (Å²) < 4.78 is 4.91. The summed E-state index contributed by atoms with van der Waals surface area (Å²) in [7, 11) is 0. The summed E-state index contributed by atoms with van der Waals surface area (Å²) in [5, 5.41) is 9.09. The first-order valence-corrected chi connectivity index (χ1v) is 5.82. The molecule has 1 fully saturated rings. The van der Waals surface area contributed by atoms with E-state index in [4.69, 9.17) is 9.84 Å². The zero-order valence-electron chi connectivity index (χ0n) is 10.1. The van der Waals surface area contributed by atoms with Crippen LogP contribution in [0.3, 0.4) is 0 Å². The maximum Gasteiger partial charge on any atom is 0.311 e. The van der Waals surface area contributed by atoms with E-state index in [9.17, 15) is 9.59 Å². The zero-order valence-corrected chi connectivity index (χ0v) is 10.1. The quantitative estimate of drug-likeness (QED) is 0.549. The molecule has 1 aliphatic rings. The first kappa shape index (κ1) is 13.7. The third-order valence-electron chi connectivity index (χ3n) is 2.95. The van der Waals surface area contributed by atoms with E-state index in [0.29, 0.717) is 13.1 Å². The van der Waals surface area contributed by atoms with Gasteiger partial charge in [-0.1, -0.05) is 6.08 Å². The lowest BCUT2D eigenvalue weighted by molar-refractivity contribution is -0.155. The SMILES string of the molecule is C=CCCN1C[C@@H](C(=O)O)[C@H](C(=O)OCC)C1. The average molecular weight is 241 g/mol. The number of esters is 1. The highest BCUT2D eigenvalue weighted by Gasteiger charge is 2.42. The van der Waals surface area contributed by atoms with Crippen LogP contribution in [0.4, 0.5) is 0 Å². The fourth-order valence-electron chi connectivity index (χ4n) is 2.08. The van der Waals surface area contributed by atoms with Crippen LogP contribution in [0.25, 0.3) is 0 Å². The number of ether oxygens (including phenoxy) is 1. The van der Waals surface area contributed by atoms with E-state index in [1.54, 1.807) is 13.0 Å². The standard InChI is InChI=1S/C12H19NO4/c1-3-5-6-13-7-9(11(14)15)10(8-13)12(16)17-4-2/h3,9-10H,1,4-8H2,2H3,(H,14,15)/t9-,10-/m1/s1. The van der Waals surface area contributed by atoms with Crippen molar-refractivity contribution in [2.45, 2.75) is 13.3 Å². The van der Waals surface area contributed by atoms with Crippen LogP contribution in [-0.4, -0.2) is 48.2 Å². The van der Waals surface area contributed by atoms with Crippen molar-refractivity contribution in [3.05, 3.63) is 12.7 Å². The number of rotatable bonds is 6. The Hall–Kier alpha value is -1.36. The van der Waals surface area contributed by atoms with Gasteiger partial charge in [-0.15, -0.1) is 6.58 Å². The topological polar surface area (TPSA) is 66.8 Å². The lowest BCUT2D eigenvalue weighted by Crippen LogP contribution is -2.29. The van der Waals surface area contributed by atoms with Gasteiger partial charge < -0.3 is 14.7 Å². The minimum atomic E-state index is -0.927. The van der Waals surface area contributed by atoms with Crippen molar-refractivity contribution < 1.29 is 19.4 Å². The highest BCUT2D eigenvalue weighted by atomic mass is 16.5. The van der Waals surface area contributed by atoms with Gasteiger partial charge >= 0.3 is 11.9 Å². The molecule has 0 unspecified atom stereocenters. The number of hydrogen-bond donors (Lipinski definition) is 1. The van der Waals surface area contributed by atoms with E-state index >= 15 is 0 Å². The van der Waals surface area contributed by atoms with E-state index in [-0.39, 0.29) is 6.61 Å². The molecule has 1 rings (SSSR count). The first-order chi connectivity index (χ1) is 8.10. The van der Waals surface area contributed by atoms with Crippen LogP contribution in [-0.2, 0) is 14.3 Å². The Morgan fingerprint density at radius 1 is 1.47 bits per heavy atom. The van der Waals surface area contributed by atoms with Crippen molar-refractivity contribution in [1.29, 1.82) is 0 Å². The van der Waals surface area contributed by atoms with Crippen molar-refractivity contribution in [2.24, 2.45) is 11.8 Å². The monoisotopic (exact) mass is 241 g/mol. The Balaban J connectivity index is 2.63.